The maximum atomic E-state index is 12.8. The molecule has 4 rings (SSSR count). The van der Waals surface area contributed by atoms with E-state index in [1.165, 1.54) is 38.5 Å². The van der Waals surface area contributed by atoms with E-state index in [4.69, 9.17) is 12.2 Å². The maximum Gasteiger partial charge on any atom is 0.222 e. The van der Waals surface area contributed by atoms with Gasteiger partial charge in [-0.3, -0.25) is 9.89 Å². The van der Waals surface area contributed by atoms with E-state index in [0.717, 1.165) is 42.9 Å². The van der Waals surface area contributed by atoms with Gasteiger partial charge in [0.25, 0.3) is 0 Å². The van der Waals surface area contributed by atoms with Crippen LogP contribution in [0.25, 0.3) is 0 Å². The SMILES string of the molecule is CC1(C)CCC[C@H](CC(=O)N2CCC(c3n[nH]c(=S)n3C3CC3)CC2)C1. The molecule has 5 nitrogen and oxygen atoms in total. The van der Waals surface area contributed by atoms with Crippen molar-refractivity contribution >= 4 is 18.1 Å². The molecule has 2 saturated carbocycles. The van der Waals surface area contributed by atoms with E-state index in [1.54, 1.807) is 0 Å². The topological polar surface area (TPSA) is 53.9 Å². The van der Waals surface area contributed by atoms with E-state index in [9.17, 15) is 4.79 Å². The molecule has 1 aliphatic heterocycles. The number of hydrogen-bond donors (Lipinski definition) is 1. The molecule has 1 saturated heterocycles. The van der Waals surface area contributed by atoms with Crippen molar-refractivity contribution in [3.8, 4) is 0 Å². The monoisotopic (exact) mass is 376 g/mol. The second kappa shape index (κ2) is 7.10. The Morgan fingerprint density at radius 2 is 1.96 bits per heavy atom. The highest BCUT2D eigenvalue weighted by molar-refractivity contribution is 7.71. The van der Waals surface area contributed by atoms with Crippen molar-refractivity contribution in [2.45, 2.75) is 83.6 Å². The molecule has 6 heteroatoms. The fourth-order valence-electron chi connectivity index (χ4n) is 5.08. The minimum absolute atomic E-state index is 0.368. The Balaban J connectivity index is 1.32. The molecule has 1 amide bonds. The summed E-state index contributed by atoms with van der Waals surface area (Å²) in [4.78, 5) is 14.9. The largest absolute Gasteiger partial charge is 0.343 e. The van der Waals surface area contributed by atoms with Gasteiger partial charge in [-0.1, -0.05) is 20.3 Å². The molecule has 2 heterocycles. The number of carbonyl (C=O) groups excluding carboxylic acids is 1. The zero-order chi connectivity index (χ0) is 18.3. The van der Waals surface area contributed by atoms with Crippen molar-refractivity contribution < 1.29 is 4.79 Å². The Bertz CT molecular complexity index is 710. The number of amides is 1. The Labute approximate surface area is 161 Å². The fourth-order valence-corrected chi connectivity index (χ4v) is 5.37. The minimum atomic E-state index is 0.368. The van der Waals surface area contributed by atoms with Crippen LogP contribution in [0.5, 0.6) is 0 Å². The van der Waals surface area contributed by atoms with Crippen LogP contribution in [0.4, 0.5) is 0 Å². The summed E-state index contributed by atoms with van der Waals surface area (Å²) >= 11 is 5.41. The molecule has 1 N–H and O–H groups in total. The molecule has 0 aromatic carbocycles. The van der Waals surface area contributed by atoms with Crippen LogP contribution in [0.1, 0.15) is 89.4 Å². The lowest BCUT2D eigenvalue weighted by Crippen LogP contribution is -2.39. The van der Waals surface area contributed by atoms with Gasteiger partial charge in [0.15, 0.2) is 4.77 Å². The number of likely N-dealkylation sites (tertiary alicyclic amines) is 1. The zero-order valence-corrected chi connectivity index (χ0v) is 17.0. The summed E-state index contributed by atoms with van der Waals surface area (Å²) in [5, 5.41) is 7.51. The molecule has 0 bridgehead atoms. The number of carbonyl (C=O) groups is 1. The molecule has 0 radical (unpaired) electrons. The maximum absolute atomic E-state index is 12.8. The normalized spacial score (nSPS) is 26.8. The van der Waals surface area contributed by atoms with Gasteiger partial charge in [0.05, 0.1) is 0 Å². The Morgan fingerprint density at radius 1 is 1.23 bits per heavy atom. The van der Waals surface area contributed by atoms with E-state index < -0.39 is 0 Å². The number of aromatic nitrogens is 3. The molecule has 0 unspecified atom stereocenters. The molecule has 1 aromatic heterocycles. The van der Waals surface area contributed by atoms with Gasteiger partial charge in [-0.05, 0) is 68.5 Å². The van der Waals surface area contributed by atoms with Crippen molar-refractivity contribution in [2.75, 3.05) is 13.1 Å². The second-order valence-corrected chi connectivity index (χ2v) is 9.86. The molecule has 3 fully saturated rings. The Kier molecular flexibility index (Phi) is 4.97. The van der Waals surface area contributed by atoms with Gasteiger partial charge >= 0.3 is 0 Å². The summed E-state index contributed by atoms with van der Waals surface area (Å²) in [6, 6.07) is 0.561. The predicted molar refractivity (Wildman–Crippen MR) is 105 cm³/mol. The summed E-state index contributed by atoms with van der Waals surface area (Å²) in [6.45, 7) is 6.43. The van der Waals surface area contributed by atoms with Gasteiger partial charge in [0.2, 0.25) is 5.91 Å². The van der Waals surface area contributed by atoms with Gasteiger partial charge in [0.1, 0.15) is 5.82 Å². The summed E-state index contributed by atoms with van der Waals surface area (Å²) < 4.78 is 3.00. The average molecular weight is 377 g/mol. The van der Waals surface area contributed by atoms with Crippen molar-refractivity contribution in [3.63, 3.8) is 0 Å². The van der Waals surface area contributed by atoms with Crippen molar-refractivity contribution in [2.24, 2.45) is 11.3 Å². The van der Waals surface area contributed by atoms with Crippen LogP contribution in [-0.4, -0.2) is 38.7 Å². The summed E-state index contributed by atoms with van der Waals surface area (Å²) in [5.74, 6) is 2.50. The highest BCUT2D eigenvalue weighted by Crippen LogP contribution is 2.41. The molecule has 2 aliphatic carbocycles. The number of nitrogens with zero attached hydrogens (tertiary/aromatic N) is 3. The van der Waals surface area contributed by atoms with Gasteiger partial charge < -0.3 is 9.47 Å². The first-order chi connectivity index (χ1) is 12.4. The van der Waals surface area contributed by atoms with Crippen molar-refractivity contribution in [3.05, 3.63) is 10.6 Å². The van der Waals surface area contributed by atoms with E-state index in [1.807, 2.05) is 0 Å². The van der Waals surface area contributed by atoms with E-state index in [-0.39, 0.29) is 0 Å². The predicted octanol–water partition coefficient (Wildman–Crippen LogP) is 4.59. The van der Waals surface area contributed by atoms with E-state index >= 15 is 0 Å². The van der Waals surface area contributed by atoms with Crippen LogP contribution in [0.3, 0.4) is 0 Å². The standard InChI is InChI=1S/C20H32N4OS/c1-20(2)9-3-4-14(13-20)12-17(25)23-10-7-15(8-11-23)18-21-22-19(26)24(18)16-5-6-16/h14-16H,3-13H2,1-2H3,(H,22,26)/t14-/m1/s1. The number of hydrogen-bond acceptors (Lipinski definition) is 3. The van der Waals surface area contributed by atoms with Crippen LogP contribution in [0.2, 0.25) is 0 Å². The molecule has 1 aromatic rings. The fraction of sp³-hybridized carbons (Fsp3) is 0.850. The van der Waals surface area contributed by atoms with Gasteiger partial charge in [-0.25, -0.2) is 0 Å². The highest BCUT2D eigenvalue weighted by Gasteiger charge is 2.34. The van der Waals surface area contributed by atoms with Crippen LogP contribution in [-0.2, 0) is 4.79 Å². The molecule has 1 atom stereocenters. The first-order valence-electron chi connectivity index (χ1n) is 10.4. The number of aromatic amines is 1. The number of piperidine rings is 1. The Hall–Kier alpha value is -1.17. The van der Waals surface area contributed by atoms with Crippen LogP contribution >= 0.6 is 12.2 Å². The van der Waals surface area contributed by atoms with Crippen molar-refractivity contribution in [1.82, 2.24) is 19.7 Å². The lowest BCUT2D eigenvalue weighted by atomic mass is 9.71. The summed E-state index contributed by atoms with van der Waals surface area (Å²) in [7, 11) is 0. The van der Waals surface area contributed by atoms with Crippen LogP contribution < -0.4 is 0 Å². The third-order valence-electron chi connectivity index (χ3n) is 6.63. The highest BCUT2D eigenvalue weighted by atomic mass is 32.1. The van der Waals surface area contributed by atoms with E-state index in [2.05, 4.69) is 33.5 Å². The molecular formula is C20H32N4OS. The summed E-state index contributed by atoms with van der Waals surface area (Å²) in [5.41, 5.74) is 0.411. The Morgan fingerprint density at radius 3 is 2.62 bits per heavy atom. The first-order valence-corrected chi connectivity index (χ1v) is 10.8. The smallest absolute Gasteiger partial charge is 0.222 e. The van der Waals surface area contributed by atoms with Gasteiger partial charge in [0, 0.05) is 31.5 Å². The summed E-state index contributed by atoms with van der Waals surface area (Å²) in [6.07, 6.45) is 10.2. The lowest BCUT2D eigenvalue weighted by molar-refractivity contribution is -0.133. The molecule has 0 spiro atoms. The third kappa shape index (κ3) is 3.90. The first kappa shape index (κ1) is 18.2. The number of H-pyrrole nitrogens is 1. The molecule has 26 heavy (non-hydrogen) atoms. The lowest BCUT2D eigenvalue weighted by Gasteiger charge is -2.37. The quantitative estimate of drug-likeness (QED) is 0.782. The molecule has 3 aliphatic rings. The molecular weight excluding hydrogens is 344 g/mol. The third-order valence-corrected chi connectivity index (χ3v) is 6.92. The second-order valence-electron chi connectivity index (χ2n) is 9.47. The number of rotatable bonds is 4. The average Bonchev–Trinajstić information content (AvgIpc) is 3.36. The molecule has 144 valence electrons. The van der Waals surface area contributed by atoms with Crippen LogP contribution in [0, 0.1) is 16.1 Å². The number of nitrogens with one attached hydrogen (secondary N) is 1. The van der Waals surface area contributed by atoms with Crippen molar-refractivity contribution in [1.29, 1.82) is 0 Å². The van der Waals surface area contributed by atoms with Gasteiger partial charge in [-0.2, -0.15) is 5.10 Å². The minimum Gasteiger partial charge on any atom is -0.343 e. The van der Waals surface area contributed by atoms with Gasteiger partial charge in [-0.15, -0.1) is 0 Å². The van der Waals surface area contributed by atoms with Crippen LogP contribution in [0.15, 0.2) is 0 Å². The van der Waals surface area contributed by atoms with E-state index in [0.29, 0.717) is 29.2 Å². The zero-order valence-electron chi connectivity index (χ0n) is 16.2.